The smallest absolute Gasteiger partial charge is 0.270 e. The van der Waals surface area contributed by atoms with Crippen LogP contribution in [0.1, 0.15) is 36.3 Å². The van der Waals surface area contributed by atoms with E-state index in [0.717, 1.165) is 22.7 Å². The molecular weight excluding hydrogens is 348 g/mol. The Balaban J connectivity index is 1.77. The third kappa shape index (κ3) is 2.20. The number of nitrogens with zero attached hydrogens (tertiary/aromatic N) is 4. The Bertz CT molecular complexity index is 1220. The van der Waals surface area contributed by atoms with Crippen molar-refractivity contribution >= 4 is 17.4 Å². The minimum atomic E-state index is -0.628. The lowest BCUT2D eigenvalue weighted by molar-refractivity contribution is 0.0410. The predicted octanol–water partition coefficient (Wildman–Crippen LogP) is 1.50. The highest BCUT2D eigenvalue weighted by molar-refractivity contribution is 7.07. The largest absolute Gasteiger partial charge is 0.466 e. The van der Waals surface area contributed by atoms with Gasteiger partial charge in [0.15, 0.2) is 4.80 Å². The molecule has 0 saturated heterocycles. The number of para-hydroxylation sites is 1. The molecule has 0 amide bonds. The van der Waals surface area contributed by atoms with E-state index in [1.165, 1.54) is 11.3 Å². The van der Waals surface area contributed by atoms with Crippen LogP contribution < -0.4 is 19.6 Å². The number of rotatable bonds is 1. The van der Waals surface area contributed by atoms with Crippen LogP contribution in [0.25, 0.3) is 6.08 Å². The SMILES string of the molecule is Cc1cc(/C=c2\sc3n(c2=O)[C@H]2C[C@](C)(N=3)Oc3ccccc32)n(C)n1. The van der Waals surface area contributed by atoms with E-state index in [-0.39, 0.29) is 11.6 Å². The predicted molar refractivity (Wildman–Crippen MR) is 99.1 cm³/mol. The third-order valence-corrected chi connectivity index (χ3v) is 5.96. The molecule has 2 bridgehead atoms. The molecule has 0 unspecified atom stereocenters. The molecule has 6 nitrogen and oxygen atoms in total. The Kier molecular flexibility index (Phi) is 3.10. The molecule has 3 aromatic rings. The zero-order valence-corrected chi connectivity index (χ0v) is 15.6. The zero-order chi connectivity index (χ0) is 18.1. The van der Waals surface area contributed by atoms with Gasteiger partial charge in [0.1, 0.15) is 5.75 Å². The summed E-state index contributed by atoms with van der Waals surface area (Å²) in [6.07, 6.45) is 2.56. The van der Waals surface area contributed by atoms with Gasteiger partial charge >= 0.3 is 0 Å². The number of ether oxygens (including phenoxy) is 1. The van der Waals surface area contributed by atoms with Gasteiger partial charge in [-0.05, 0) is 32.1 Å². The lowest BCUT2D eigenvalue weighted by Crippen LogP contribution is -2.49. The highest BCUT2D eigenvalue weighted by Crippen LogP contribution is 2.42. The van der Waals surface area contributed by atoms with Crippen LogP contribution in [0.4, 0.5) is 0 Å². The van der Waals surface area contributed by atoms with Crippen LogP contribution in [0.5, 0.6) is 5.75 Å². The van der Waals surface area contributed by atoms with E-state index in [1.54, 1.807) is 4.68 Å². The van der Waals surface area contributed by atoms with Gasteiger partial charge in [0.05, 0.1) is 22.0 Å². The van der Waals surface area contributed by atoms with E-state index in [0.29, 0.717) is 15.8 Å². The van der Waals surface area contributed by atoms with Gasteiger partial charge < -0.3 is 4.74 Å². The first-order valence-electron chi connectivity index (χ1n) is 8.55. The molecule has 7 heteroatoms. The summed E-state index contributed by atoms with van der Waals surface area (Å²) in [6, 6.07) is 9.84. The molecule has 2 atom stereocenters. The fourth-order valence-corrected chi connectivity index (χ4v) is 4.95. The topological polar surface area (TPSA) is 61.4 Å². The van der Waals surface area contributed by atoms with Gasteiger partial charge in [-0.1, -0.05) is 29.5 Å². The molecule has 0 aliphatic carbocycles. The Labute approximate surface area is 153 Å². The lowest BCUT2D eigenvalue weighted by atomic mass is 9.93. The number of thiazole rings is 1. The van der Waals surface area contributed by atoms with Crippen molar-refractivity contribution in [2.24, 2.45) is 12.0 Å². The van der Waals surface area contributed by atoms with Crippen LogP contribution in [0, 0.1) is 6.92 Å². The molecule has 26 heavy (non-hydrogen) atoms. The Morgan fingerprint density at radius 2 is 2.19 bits per heavy atom. The average Bonchev–Trinajstić information content (AvgIpc) is 3.05. The maximum absolute atomic E-state index is 13.2. The second-order valence-electron chi connectivity index (χ2n) is 7.05. The fourth-order valence-electron chi connectivity index (χ4n) is 3.84. The standard InChI is InChI=1S/C19H18N4O2S/c1-11-8-12(22(3)21-11)9-16-17(24)23-14-10-19(2,20-18(23)26-16)25-15-7-5-4-6-13(14)15/h4-9,14H,10H2,1-3H3/b16-9-/t14-,19+/m0/s1. The summed E-state index contributed by atoms with van der Waals surface area (Å²) >= 11 is 1.41. The normalized spacial score (nSPS) is 23.8. The van der Waals surface area contributed by atoms with E-state index >= 15 is 0 Å². The van der Waals surface area contributed by atoms with Crippen molar-refractivity contribution in [2.75, 3.05) is 0 Å². The highest BCUT2D eigenvalue weighted by atomic mass is 32.1. The molecule has 4 heterocycles. The molecule has 1 aromatic carbocycles. The van der Waals surface area contributed by atoms with Crippen LogP contribution in [0.2, 0.25) is 0 Å². The summed E-state index contributed by atoms with van der Waals surface area (Å²) in [6.45, 7) is 3.93. The molecule has 0 radical (unpaired) electrons. The summed E-state index contributed by atoms with van der Waals surface area (Å²) in [7, 11) is 1.88. The number of benzene rings is 1. The molecule has 0 N–H and O–H groups in total. The summed E-state index contributed by atoms with van der Waals surface area (Å²) in [4.78, 5) is 18.6. The first-order valence-corrected chi connectivity index (χ1v) is 9.37. The second-order valence-corrected chi connectivity index (χ2v) is 8.06. The molecule has 0 fully saturated rings. The summed E-state index contributed by atoms with van der Waals surface area (Å²) in [5.41, 5.74) is 2.25. The molecule has 2 aromatic heterocycles. The molecule has 0 saturated carbocycles. The number of aromatic nitrogens is 3. The van der Waals surface area contributed by atoms with E-state index in [4.69, 9.17) is 9.73 Å². The average molecular weight is 366 g/mol. The van der Waals surface area contributed by atoms with E-state index < -0.39 is 5.72 Å². The number of hydrogen-bond donors (Lipinski definition) is 0. The Morgan fingerprint density at radius 3 is 2.96 bits per heavy atom. The Morgan fingerprint density at radius 1 is 1.38 bits per heavy atom. The van der Waals surface area contributed by atoms with E-state index in [2.05, 4.69) is 5.10 Å². The first kappa shape index (κ1) is 15.6. The van der Waals surface area contributed by atoms with Crippen LogP contribution >= 0.6 is 11.3 Å². The maximum atomic E-state index is 13.2. The van der Waals surface area contributed by atoms with E-state index in [9.17, 15) is 4.79 Å². The van der Waals surface area contributed by atoms with Crippen molar-refractivity contribution in [2.45, 2.75) is 32.0 Å². The minimum Gasteiger partial charge on any atom is -0.466 e. The van der Waals surface area contributed by atoms with Crippen molar-refractivity contribution in [3.8, 4) is 5.75 Å². The quantitative estimate of drug-likeness (QED) is 0.656. The molecule has 0 spiro atoms. The van der Waals surface area contributed by atoms with E-state index in [1.807, 2.05) is 61.9 Å². The monoisotopic (exact) mass is 366 g/mol. The fraction of sp³-hybridized carbons (Fsp3) is 0.316. The van der Waals surface area contributed by atoms with Crippen molar-refractivity contribution < 1.29 is 4.74 Å². The van der Waals surface area contributed by atoms with Gasteiger partial charge in [-0.2, -0.15) is 5.10 Å². The number of hydrogen-bond acceptors (Lipinski definition) is 5. The first-order chi connectivity index (χ1) is 12.4. The van der Waals surface area contributed by atoms with Gasteiger partial charge in [-0.25, -0.2) is 4.99 Å². The van der Waals surface area contributed by atoms with Crippen molar-refractivity contribution in [1.29, 1.82) is 0 Å². The highest BCUT2D eigenvalue weighted by Gasteiger charge is 2.42. The summed E-state index contributed by atoms with van der Waals surface area (Å²) in [5, 5.41) is 4.35. The van der Waals surface area contributed by atoms with Gasteiger partial charge in [-0.15, -0.1) is 0 Å². The van der Waals surface area contributed by atoms with Gasteiger partial charge in [0.25, 0.3) is 5.56 Å². The third-order valence-electron chi connectivity index (χ3n) is 4.98. The van der Waals surface area contributed by atoms with Gasteiger partial charge in [0.2, 0.25) is 5.72 Å². The molecule has 2 aliphatic rings. The molecular formula is C19H18N4O2S. The maximum Gasteiger partial charge on any atom is 0.270 e. The van der Waals surface area contributed by atoms with Crippen LogP contribution in [0.15, 0.2) is 40.1 Å². The van der Waals surface area contributed by atoms with Crippen LogP contribution in [0.3, 0.4) is 0 Å². The molecule has 2 aliphatic heterocycles. The summed E-state index contributed by atoms with van der Waals surface area (Å²) in [5.74, 6) is 0.812. The van der Waals surface area contributed by atoms with Gasteiger partial charge in [-0.3, -0.25) is 14.0 Å². The van der Waals surface area contributed by atoms with Gasteiger partial charge in [0, 0.05) is 19.0 Å². The minimum absolute atomic E-state index is 0.00337. The summed E-state index contributed by atoms with van der Waals surface area (Å²) < 4.78 is 10.4. The van der Waals surface area contributed by atoms with Crippen molar-refractivity contribution in [3.05, 3.63) is 67.0 Å². The van der Waals surface area contributed by atoms with Crippen molar-refractivity contribution in [1.82, 2.24) is 14.3 Å². The lowest BCUT2D eigenvalue weighted by Gasteiger charge is -2.39. The van der Waals surface area contributed by atoms with Crippen LogP contribution in [-0.4, -0.2) is 20.1 Å². The zero-order valence-electron chi connectivity index (χ0n) is 14.8. The van der Waals surface area contributed by atoms with Crippen molar-refractivity contribution in [3.63, 3.8) is 0 Å². The Hall–Kier alpha value is -2.67. The molecule has 5 rings (SSSR count). The molecule has 132 valence electrons. The number of aryl methyl sites for hydroxylation is 2. The second kappa shape index (κ2) is 5.17. The number of fused-ring (bicyclic) bond motifs is 6. The van der Waals surface area contributed by atoms with Crippen LogP contribution in [-0.2, 0) is 7.05 Å².